The number of benzene rings is 1. The molecule has 1 aliphatic rings. The summed E-state index contributed by atoms with van der Waals surface area (Å²) in [7, 11) is 0. The van der Waals surface area contributed by atoms with Gasteiger partial charge in [0.1, 0.15) is 11.8 Å². The summed E-state index contributed by atoms with van der Waals surface area (Å²) in [6, 6.07) is 9.67. The van der Waals surface area contributed by atoms with E-state index in [4.69, 9.17) is 4.74 Å². The molecule has 0 spiro atoms. The Bertz CT molecular complexity index is 519. The van der Waals surface area contributed by atoms with Gasteiger partial charge in [-0.2, -0.15) is 0 Å². The topological polar surface area (TPSA) is 29.5 Å². The Kier molecular flexibility index (Phi) is 4.66. The van der Waals surface area contributed by atoms with Crippen LogP contribution in [0.25, 0.3) is 6.08 Å². The van der Waals surface area contributed by atoms with E-state index in [-0.39, 0.29) is 6.54 Å². The zero-order valence-electron chi connectivity index (χ0n) is 12.8. The molecular formula is C17H22FNO2. The Morgan fingerprint density at radius 1 is 1.33 bits per heavy atom. The van der Waals surface area contributed by atoms with E-state index in [1.165, 1.54) is 4.90 Å². The van der Waals surface area contributed by atoms with Crippen molar-refractivity contribution in [2.75, 3.05) is 13.1 Å². The van der Waals surface area contributed by atoms with Gasteiger partial charge in [-0.1, -0.05) is 36.4 Å². The number of hydrogen-bond donors (Lipinski definition) is 0. The number of piperidine rings is 1. The van der Waals surface area contributed by atoms with Crippen LogP contribution in [0.4, 0.5) is 9.18 Å². The molecule has 0 bridgehead atoms. The average molecular weight is 291 g/mol. The molecule has 0 saturated carbocycles. The lowest BCUT2D eigenvalue weighted by atomic mass is 9.99. The van der Waals surface area contributed by atoms with Crippen LogP contribution in [-0.2, 0) is 4.74 Å². The molecule has 0 aromatic heterocycles. The van der Waals surface area contributed by atoms with Gasteiger partial charge in [0.05, 0.1) is 6.54 Å². The maximum atomic E-state index is 14.3. The Morgan fingerprint density at radius 3 is 2.57 bits per heavy atom. The third-order valence-corrected chi connectivity index (χ3v) is 3.26. The molecule has 0 radical (unpaired) electrons. The maximum Gasteiger partial charge on any atom is 0.410 e. The summed E-state index contributed by atoms with van der Waals surface area (Å²) in [4.78, 5) is 13.4. The number of hydrogen-bond acceptors (Lipinski definition) is 2. The van der Waals surface area contributed by atoms with Gasteiger partial charge >= 0.3 is 6.09 Å². The van der Waals surface area contributed by atoms with Gasteiger partial charge in [0, 0.05) is 6.54 Å². The van der Waals surface area contributed by atoms with Crippen LogP contribution in [0.15, 0.2) is 35.9 Å². The van der Waals surface area contributed by atoms with E-state index in [2.05, 4.69) is 0 Å². The average Bonchev–Trinajstić information content (AvgIpc) is 2.40. The van der Waals surface area contributed by atoms with E-state index in [0.29, 0.717) is 13.0 Å². The zero-order valence-corrected chi connectivity index (χ0v) is 12.8. The second-order valence-corrected chi connectivity index (χ2v) is 6.27. The van der Waals surface area contributed by atoms with Crippen LogP contribution in [-0.4, -0.2) is 35.9 Å². The van der Waals surface area contributed by atoms with Gasteiger partial charge in [0.2, 0.25) is 0 Å². The molecule has 3 nitrogen and oxygen atoms in total. The van der Waals surface area contributed by atoms with E-state index in [0.717, 1.165) is 11.1 Å². The van der Waals surface area contributed by atoms with Crippen LogP contribution >= 0.6 is 0 Å². The van der Waals surface area contributed by atoms with Crippen molar-refractivity contribution >= 4 is 12.2 Å². The number of carbonyl (C=O) groups is 1. The minimum Gasteiger partial charge on any atom is -0.444 e. The van der Waals surface area contributed by atoms with Crippen molar-refractivity contribution in [2.24, 2.45) is 0 Å². The molecule has 21 heavy (non-hydrogen) atoms. The molecule has 1 unspecified atom stereocenters. The van der Waals surface area contributed by atoms with Gasteiger partial charge in [0.25, 0.3) is 0 Å². The van der Waals surface area contributed by atoms with Crippen molar-refractivity contribution in [2.45, 2.75) is 39.0 Å². The van der Waals surface area contributed by atoms with Crippen LogP contribution in [0.3, 0.4) is 0 Å². The number of halogens is 1. The quantitative estimate of drug-likeness (QED) is 0.781. The van der Waals surface area contributed by atoms with Gasteiger partial charge in [-0.3, -0.25) is 0 Å². The zero-order chi connectivity index (χ0) is 15.5. The second kappa shape index (κ2) is 6.29. The van der Waals surface area contributed by atoms with Crippen LogP contribution in [0, 0.1) is 0 Å². The van der Waals surface area contributed by atoms with Gasteiger partial charge in [0.15, 0.2) is 0 Å². The molecule has 1 aromatic carbocycles. The fourth-order valence-electron chi connectivity index (χ4n) is 2.24. The predicted molar refractivity (Wildman–Crippen MR) is 81.7 cm³/mol. The Hall–Kier alpha value is -1.84. The number of likely N-dealkylation sites (tertiary alicyclic amines) is 1. The molecule has 1 saturated heterocycles. The third kappa shape index (κ3) is 4.59. The van der Waals surface area contributed by atoms with E-state index in [1.807, 2.05) is 57.2 Å². The van der Waals surface area contributed by atoms with E-state index in [1.54, 1.807) is 0 Å². The lowest BCUT2D eigenvalue weighted by Crippen LogP contribution is -2.44. The first-order valence-corrected chi connectivity index (χ1v) is 7.23. The molecule has 4 heteroatoms. The summed E-state index contributed by atoms with van der Waals surface area (Å²) in [5.41, 5.74) is 1.17. The number of nitrogens with zero attached hydrogens (tertiary/aromatic N) is 1. The molecule has 1 fully saturated rings. The van der Waals surface area contributed by atoms with E-state index in [9.17, 15) is 9.18 Å². The molecule has 1 atom stereocenters. The van der Waals surface area contributed by atoms with E-state index < -0.39 is 17.9 Å². The molecule has 1 amide bonds. The van der Waals surface area contributed by atoms with Crippen LogP contribution in [0.1, 0.15) is 32.8 Å². The number of rotatable bonds is 1. The van der Waals surface area contributed by atoms with Crippen molar-refractivity contribution in [1.29, 1.82) is 0 Å². The van der Waals surface area contributed by atoms with Crippen molar-refractivity contribution in [3.05, 3.63) is 41.5 Å². The fraction of sp³-hybridized carbons (Fsp3) is 0.471. The van der Waals surface area contributed by atoms with Crippen molar-refractivity contribution in [3.8, 4) is 0 Å². The Balaban J connectivity index is 1.99. The number of alkyl halides is 1. The van der Waals surface area contributed by atoms with E-state index >= 15 is 0 Å². The highest BCUT2D eigenvalue weighted by Gasteiger charge is 2.29. The van der Waals surface area contributed by atoms with Crippen molar-refractivity contribution in [1.82, 2.24) is 4.90 Å². The lowest BCUT2D eigenvalue weighted by molar-refractivity contribution is 0.0186. The number of ether oxygens (including phenoxy) is 1. The van der Waals surface area contributed by atoms with Crippen molar-refractivity contribution < 1.29 is 13.9 Å². The normalized spacial score (nSPS) is 21.4. The predicted octanol–water partition coefficient (Wildman–Crippen LogP) is 4.05. The highest BCUT2D eigenvalue weighted by atomic mass is 19.1. The Morgan fingerprint density at radius 2 is 2.00 bits per heavy atom. The summed E-state index contributed by atoms with van der Waals surface area (Å²) in [5.74, 6) is 0. The summed E-state index contributed by atoms with van der Waals surface area (Å²) < 4.78 is 19.5. The molecule has 1 aliphatic heterocycles. The molecule has 114 valence electrons. The number of amides is 1. The first-order chi connectivity index (χ1) is 9.85. The highest BCUT2D eigenvalue weighted by molar-refractivity contribution is 5.69. The molecule has 1 aromatic rings. The molecule has 0 aliphatic carbocycles. The molecule has 0 N–H and O–H groups in total. The first kappa shape index (κ1) is 15.5. The lowest BCUT2D eigenvalue weighted by Gasteiger charge is -2.32. The Labute approximate surface area is 125 Å². The molecular weight excluding hydrogens is 269 g/mol. The second-order valence-electron chi connectivity index (χ2n) is 6.27. The monoisotopic (exact) mass is 291 g/mol. The van der Waals surface area contributed by atoms with Gasteiger partial charge in [-0.05, 0) is 38.3 Å². The summed E-state index contributed by atoms with van der Waals surface area (Å²) in [6.07, 6.45) is 0.835. The fourth-order valence-corrected chi connectivity index (χ4v) is 2.24. The highest BCUT2D eigenvalue weighted by Crippen LogP contribution is 2.23. The van der Waals surface area contributed by atoms with Gasteiger partial charge < -0.3 is 9.64 Å². The third-order valence-electron chi connectivity index (χ3n) is 3.26. The minimum absolute atomic E-state index is 0.0631. The minimum atomic E-state index is -1.13. The number of carbonyl (C=O) groups excluding carboxylic acids is 1. The van der Waals surface area contributed by atoms with Crippen LogP contribution < -0.4 is 0 Å². The largest absolute Gasteiger partial charge is 0.444 e. The van der Waals surface area contributed by atoms with Crippen molar-refractivity contribution in [3.63, 3.8) is 0 Å². The van der Waals surface area contributed by atoms with Crippen LogP contribution in [0.2, 0.25) is 0 Å². The molecule has 2 rings (SSSR count). The molecule has 1 heterocycles. The summed E-state index contributed by atoms with van der Waals surface area (Å²) in [6.45, 7) is 5.98. The van der Waals surface area contributed by atoms with Gasteiger partial charge in [-0.25, -0.2) is 9.18 Å². The van der Waals surface area contributed by atoms with Gasteiger partial charge in [-0.15, -0.1) is 0 Å². The van der Waals surface area contributed by atoms with Crippen LogP contribution in [0.5, 0.6) is 0 Å². The first-order valence-electron chi connectivity index (χ1n) is 7.23. The SMILES string of the molecule is CC(C)(C)OC(=O)N1CC/C(=C/c2ccccc2)C(F)C1. The maximum absolute atomic E-state index is 14.3. The standard InChI is InChI=1S/C17H22FNO2/c1-17(2,3)21-16(20)19-10-9-14(15(18)12-19)11-13-7-5-4-6-8-13/h4-8,11,15H,9-10,12H2,1-3H3/b14-11-. The summed E-state index contributed by atoms with van der Waals surface area (Å²) >= 11 is 0. The summed E-state index contributed by atoms with van der Waals surface area (Å²) in [5, 5.41) is 0. The smallest absolute Gasteiger partial charge is 0.410 e.